The van der Waals surface area contributed by atoms with E-state index in [1.807, 2.05) is 4.90 Å². The minimum Gasteiger partial charge on any atom is -0.449 e. The molecule has 1 saturated carbocycles. The van der Waals surface area contributed by atoms with Crippen molar-refractivity contribution in [2.24, 2.45) is 0 Å². The van der Waals surface area contributed by atoms with Gasteiger partial charge in [0.1, 0.15) is 17.4 Å². The van der Waals surface area contributed by atoms with Crippen LogP contribution in [0.15, 0.2) is 61.0 Å². The zero-order valence-corrected chi connectivity index (χ0v) is 21.4. The predicted octanol–water partition coefficient (Wildman–Crippen LogP) is 4.59. The van der Waals surface area contributed by atoms with E-state index in [0.717, 1.165) is 24.5 Å². The van der Waals surface area contributed by atoms with Crippen molar-refractivity contribution in [3.05, 3.63) is 92.2 Å². The molecule has 0 radical (unpaired) electrons. The van der Waals surface area contributed by atoms with Crippen LogP contribution in [-0.4, -0.2) is 40.4 Å². The van der Waals surface area contributed by atoms with E-state index in [4.69, 9.17) is 13.9 Å². The fourth-order valence-corrected chi connectivity index (χ4v) is 5.33. The molecule has 4 aromatic rings. The first-order chi connectivity index (χ1) is 19.2. The summed E-state index contributed by atoms with van der Waals surface area (Å²) < 4.78 is 46.0. The van der Waals surface area contributed by atoms with E-state index in [1.165, 1.54) is 18.3 Å². The Morgan fingerprint density at radius 3 is 2.50 bits per heavy atom. The highest BCUT2D eigenvalue weighted by atomic mass is 19.1. The number of aryl methyl sites for hydroxylation is 1. The molecule has 2 aliphatic rings. The molecule has 1 aliphatic carbocycles. The van der Waals surface area contributed by atoms with Gasteiger partial charge in [-0.2, -0.15) is 0 Å². The largest absolute Gasteiger partial charge is 0.519 e. The number of hydrogen-bond acceptors (Lipinski definition) is 8. The highest BCUT2D eigenvalue weighted by Crippen LogP contribution is 2.39. The second kappa shape index (κ2) is 9.94. The number of piperazine rings is 1. The average molecular weight is 554 g/mol. The smallest absolute Gasteiger partial charge is 0.449 e. The monoisotopic (exact) mass is 553 g/mol. The zero-order chi connectivity index (χ0) is 28.1. The van der Waals surface area contributed by atoms with E-state index < -0.39 is 23.2 Å². The Kier molecular flexibility index (Phi) is 6.41. The van der Waals surface area contributed by atoms with Crippen LogP contribution in [0, 0.1) is 18.6 Å². The molecule has 1 atom stereocenters. The predicted molar refractivity (Wildman–Crippen MR) is 139 cm³/mol. The molecule has 1 N–H and O–H groups in total. The van der Waals surface area contributed by atoms with Crippen LogP contribution in [0.25, 0.3) is 10.9 Å². The Labute approximate surface area is 225 Å². The van der Waals surface area contributed by atoms with E-state index in [0.29, 0.717) is 36.7 Å². The Hall–Kier alpha value is -4.45. The summed E-state index contributed by atoms with van der Waals surface area (Å²) in [4.78, 5) is 39.6. The molecular weight excluding hydrogens is 528 g/mol. The summed E-state index contributed by atoms with van der Waals surface area (Å²) in [5.74, 6) is -1.43. The molecule has 1 saturated heterocycles. The molecule has 0 bridgehead atoms. The number of fused-ring (bicyclic) bond motifs is 1. The molecular formula is C28H25F2N3O7. The maximum absolute atomic E-state index is 15.6. The van der Waals surface area contributed by atoms with Crippen molar-refractivity contribution in [1.29, 1.82) is 0 Å². The number of anilines is 1. The second-order valence-electron chi connectivity index (χ2n) is 10.1. The number of rotatable bonds is 6. The van der Waals surface area contributed by atoms with Crippen molar-refractivity contribution in [3.63, 3.8) is 0 Å². The van der Waals surface area contributed by atoms with Crippen molar-refractivity contribution in [1.82, 2.24) is 9.47 Å². The summed E-state index contributed by atoms with van der Waals surface area (Å²) in [7, 11) is 0. The highest BCUT2D eigenvalue weighted by molar-refractivity contribution is 5.85. The first kappa shape index (κ1) is 25.8. The first-order valence-corrected chi connectivity index (χ1v) is 12.8. The zero-order valence-electron chi connectivity index (χ0n) is 21.4. The van der Waals surface area contributed by atoms with Crippen LogP contribution in [-0.2, 0) is 6.54 Å². The summed E-state index contributed by atoms with van der Waals surface area (Å²) in [6.07, 6.45) is 1.43. The fourth-order valence-electron chi connectivity index (χ4n) is 5.33. The number of ether oxygens (including phenoxy) is 1. The number of benzene rings is 2. The second-order valence-corrected chi connectivity index (χ2v) is 10.1. The van der Waals surface area contributed by atoms with Gasteiger partial charge in [0, 0.05) is 25.7 Å². The molecule has 208 valence electrons. The van der Waals surface area contributed by atoms with Gasteiger partial charge in [0.25, 0.3) is 0 Å². The summed E-state index contributed by atoms with van der Waals surface area (Å²) in [5, 5.41) is 9.07. The van der Waals surface area contributed by atoms with Crippen LogP contribution in [0.3, 0.4) is 0 Å². The third-order valence-corrected chi connectivity index (χ3v) is 7.47. The minimum absolute atomic E-state index is 0.0334. The number of hydrogen-bond donors (Lipinski definition) is 1. The quantitative estimate of drug-likeness (QED) is 0.342. The highest BCUT2D eigenvalue weighted by Gasteiger charge is 2.32. The Balaban J connectivity index is 1.38. The van der Waals surface area contributed by atoms with Crippen LogP contribution in [0.5, 0.6) is 5.75 Å². The molecule has 1 unspecified atom stereocenters. The number of pyridine rings is 1. The van der Waals surface area contributed by atoms with Gasteiger partial charge in [-0.3, -0.25) is 9.69 Å². The number of aromatic nitrogens is 1. The molecule has 0 spiro atoms. The van der Waals surface area contributed by atoms with Crippen LogP contribution in [0.2, 0.25) is 0 Å². The van der Waals surface area contributed by atoms with Crippen LogP contribution in [0.1, 0.15) is 42.0 Å². The SMILES string of the molecule is Cc1oc(=O)oc1CN1CCN(c2cc3c(cc2F)c(=O)c(OC(=O)O)cn3C2CC2)CC1c1ccc(F)cc1. The number of carbonyl (C=O) groups is 1. The topological polar surface area (TPSA) is 118 Å². The fraction of sp³-hybridized carbons (Fsp3) is 0.321. The third kappa shape index (κ3) is 4.86. The van der Waals surface area contributed by atoms with E-state index in [1.54, 1.807) is 29.7 Å². The molecule has 3 heterocycles. The van der Waals surface area contributed by atoms with Crippen LogP contribution in [0.4, 0.5) is 19.3 Å². The van der Waals surface area contributed by atoms with Gasteiger partial charge in [0.2, 0.25) is 5.43 Å². The lowest BCUT2D eigenvalue weighted by atomic mass is 10.0. The number of halogens is 2. The Morgan fingerprint density at radius 2 is 1.85 bits per heavy atom. The van der Waals surface area contributed by atoms with Crippen molar-refractivity contribution >= 4 is 22.7 Å². The van der Waals surface area contributed by atoms with Gasteiger partial charge >= 0.3 is 12.0 Å². The van der Waals surface area contributed by atoms with Gasteiger partial charge in [-0.25, -0.2) is 18.4 Å². The molecule has 6 rings (SSSR count). The van der Waals surface area contributed by atoms with E-state index in [9.17, 15) is 18.8 Å². The van der Waals surface area contributed by atoms with Crippen molar-refractivity contribution in [2.75, 3.05) is 24.5 Å². The molecule has 0 amide bonds. The lowest BCUT2D eigenvalue weighted by Gasteiger charge is -2.42. The molecule has 2 fully saturated rings. The van der Waals surface area contributed by atoms with Crippen LogP contribution >= 0.6 is 0 Å². The molecule has 12 heteroatoms. The van der Waals surface area contributed by atoms with Gasteiger partial charge in [0.15, 0.2) is 11.5 Å². The lowest BCUT2D eigenvalue weighted by Crippen LogP contribution is -2.48. The summed E-state index contributed by atoms with van der Waals surface area (Å²) in [5.41, 5.74) is 0.857. The van der Waals surface area contributed by atoms with Crippen molar-refractivity contribution < 1.29 is 32.3 Å². The normalized spacial score (nSPS) is 17.9. The molecule has 2 aromatic carbocycles. The standard InChI is InChI=1S/C28H25F2N3O7/c1-15-24(40-28(37)38-15)13-32-9-8-31(12-23(32)16-2-4-17(29)5-3-16)22-11-21-19(10-20(22)30)26(34)25(39-27(35)36)14-33(21)18-6-7-18/h2-5,10-11,14,18,23H,6-9,12-13H2,1H3,(H,35,36). The van der Waals surface area contributed by atoms with Gasteiger partial charge in [-0.15, -0.1) is 0 Å². The van der Waals surface area contributed by atoms with E-state index >= 15 is 4.39 Å². The molecule has 1 aliphatic heterocycles. The molecule has 40 heavy (non-hydrogen) atoms. The van der Waals surface area contributed by atoms with Gasteiger partial charge in [-0.1, -0.05) is 12.1 Å². The van der Waals surface area contributed by atoms with Crippen molar-refractivity contribution in [3.8, 4) is 5.75 Å². The summed E-state index contributed by atoms with van der Waals surface area (Å²) >= 11 is 0. The Morgan fingerprint density at radius 1 is 1.10 bits per heavy atom. The maximum Gasteiger partial charge on any atom is 0.519 e. The summed E-state index contributed by atoms with van der Waals surface area (Å²) in [6, 6.07) is 8.53. The van der Waals surface area contributed by atoms with E-state index in [2.05, 4.69) is 9.64 Å². The molecule has 10 nitrogen and oxygen atoms in total. The van der Waals surface area contributed by atoms with Crippen LogP contribution < -0.4 is 20.9 Å². The van der Waals surface area contributed by atoms with Gasteiger partial charge < -0.3 is 28.1 Å². The maximum atomic E-state index is 15.6. The molecule has 2 aromatic heterocycles. The van der Waals surface area contributed by atoms with Crippen molar-refractivity contribution in [2.45, 2.75) is 38.4 Å². The first-order valence-electron chi connectivity index (χ1n) is 12.8. The van der Waals surface area contributed by atoms with E-state index in [-0.39, 0.29) is 41.3 Å². The Bertz CT molecular complexity index is 1720. The lowest BCUT2D eigenvalue weighted by molar-refractivity contribution is 0.143. The number of carboxylic acid groups (broad SMARTS) is 1. The summed E-state index contributed by atoms with van der Waals surface area (Å²) in [6.45, 7) is 3.09. The third-order valence-electron chi connectivity index (χ3n) is 7.47. The average Bonchev–Trinajstić information content (AvgIpc) is 3.71. The minimum atomic E-state index is -1.62. The number of nitrogens with zero attached hydrogens (tertiary/aromatic N) is 3. The van der Waals surface area contributed by atoms with Gasteiger partial charge in [-0.05, 0) is 49.6 Å². The van der Waals surface area contributed by atoms with Gasteiger partial charge in [0.05, 0.1) is 35.4 Å².